The Bertz CT molecular complexity index is 902. The molecule has 1 aromatic heterocycles. The molecule has 0 aliphatic rings. The number of halogens is 1. The number of hydrogen-bond acceptors (Lipinski definition) is 3. The Labute approximate surface area is 127 Å². The minimum atomic E-state index is -3.69. The van der Waals surface area contributed by atoms with E-state index in [9.17, 15) is 8.42 Å². The van der Waals surface area contributed by atoms with Crippen LogP contribution < -0.4 is 4.72 Å². The lowest BCUT2D eigenvalue weighted by Gasteiger charge is -2.07. The van der Waals surface area contributed by atoms with E-state index in [4.69, 9.17) is 11.6 Å². The van der Waals surface area contributed by atoms with Crippen LogP contribution in [-0.4, -0.2) is 18.0 Å². The number of nitrogens with one attached hydrogen (secondary N) is 1. The maximum Gasteiger partial charge on any atom is 0.264 e. The molecular formula is C14H12ClN3O2S. The molecule has 0 fully saturated rings. The van der Waals surface area contributed by atoms with E-state index in [1.54, 1.807) is 11.6 Å². The van der Waals surface area contributed by atoms with Crippen molar-refractivity contribution in [2.24, 2.45) is 7.05 Å². The number of para-hydroxylation sites is 2. The summed E-state index contributed by atoms with van der Waals surface area (Å²) >= 11 is 5.77. The van der Waals surface area contributed by atoms with Crippen molar-refractivity contribution in [3.63, 3.8) is 0 Å². The Morgan fingerprint density at radius 2 is 1.76 bits per heavy atom. The summed E-state index contributed by atoms with van der Waals surface area (Å²) in [7, 11) is -1.93. The smallest absolute Gasteiger partial charge is 0.264 e. The summed E-state index contributed by atoms with van der Waals surface area (Å²) in [5, 5.41) is 0.483. The first-order chi connectivity index (χ1) is 9.97. The SMILES string of the molecule is Cn1c(NS(=O)(=O)c2ccc(Cl)cc2)nc2ccccc21. The predicted octanol–water partition coefficient (Wildman–Crippen LogP) is 3.03. The predicted molar refractivity (Wildman–Crippen MR) is 83.0 cm³/mol. The Balaban J connectivity index is 2.01. The molecule has 0 bridgehead atoms. The van der Waals surface area contributed by atoms with Crippen LogP contribution in [-0.2, 0) is 17.1 Å². The zero-order chi connectivity index (χ0) is 15.0. The number of hydrogen-bond donors (Lipinski definition) is 1. The van der Waals surface area contributed by atoms with Crippen LogP contribution in [0.4, 0.5) is 5.95 Å². The molecule has 0 saturated carbocycles. The van der Waals surface area contributed by atoms with Crippen molar-refractivity contribution in [1.82, 2.24) is 9.55 Å². The zero-order valence-electron chi connectivity index (χ0n) is 11.1. The van der Waals surface area contributed by atoms with E-state index in [1.807, 2.05) is 24.3 Å². The average molecular weight is 322 g/mol. The van der Waals surface area contributed by atoms with Gasteiger partial charge in [-0.15, -0.1) is 0 Å². The lowest BCUT2D eigenvalue weighted by atomic mass is 10.3. The van der Waals surface area contributed by atoms with E-state index >= 15 is 0 Å². The highest BCUT2D eigenvalue weighted by atomic mass is 35.5. The molecule has 0 radical (unpaired) electrons. The molecule has 7 heteroatoms. The van der Waals surface area contributed by atoms with Crippen LogP contribution in [0.1, 0.15) is 0 Å². The van der Waals surface area contributed by atoms with Crippen molar-refractivity contribution in [1.29, 1.82) is 0 Å². The molecule has 0 aliphatic carbocycles. The van der Waals surface area contributed by atoms with Crippen molar-refractivity contribution in [3.8, 4) is 0 Å². The van der Waals surface area contributed by atoms with E-state index in [0.29, 0.717) is 5.02 Å². The second-order valence-corrected chi connectivity index (χ2v) is 6.66. The molecule has 1 heterocycles. The number of sulfonamides is 1. The van der Waals surface area contributed by atoms with E-state index in [0.717, 1.165) is 11.0 Å². The number of imidazole rings is 1. The number of fused-ring (bicyclic) bond motifs is 1. The lowest BCUT2D eigenvalue weighted by molar-refractivity contribution is 0.600. The van der Waals surface area contributed by atoms with Crippen LogP contribution in [0, 0.1) is 0 Å². The molecular weight excluding hydrogens is 310 g/mol. The van der Waals surface area contributed by atoms with Crippen LogP contribution in [0.2, 0.25) is 5.02 Å². The van der Waals surface area contributed by atoms with Crippen LogP contribution in [0.15, 0.2) is 53.4 Å². The standard InChI is InChI=1S/C14H12ClN3O2S/c1-18-13-5-3-2-4-12(13)16-14(18)17-21(19,20)11-8-6-10(15)7-9-11/h2-9H,1H3,(H,16,17). The Kier molecular flexibility index (Phi) is 3.35. The Morgan fingerprint density at radius 3 is 2.43 bits per heavy atom. The van der Waals surface area contributed by atoms with E-state index in [1.165, 1.54) is 24.3 Å². The van der Waals surface area contributed by atoms with Gasteiger partial charge in [0.15, 0.2) is 0 Å². The van der Waals surface area contributed by atoms with Gasteiger partial charge in [-0.2, -0.15) is 0 Å². The van der Waals surface area contributed by atoms with Crippen LogP contribution in [0.25, 0.3) is 11.0 Å². The molecule has 3 rings (SSSR count). The molecule has 0 unspecified atom stereocenters. The fourth-order valence-corrected chi connectivity index (χ4v) is 3.19. The van der Waals surface area contributed by atoms with Gasteiger partial charge in [0, 0.05) is 12.1 Å². The maximum atomic E-state index is 12.3. The number of benzene rings is 2. The van der Waals surface area contributed by atoms with Crippen LogP contribution in [0.5, 0.6) is 0 Å². The van der Waals surface area contributed by atoms with Crippen LogP contribution in [0.3, 0.4) is 0 Å². The Morgan fingerprint density at radius 1 is 1.10 bits per heavy atom. The molecule has 108 valence electrons. The second-order valence-electron chi connectivity index (χ2n) is 4.54. The number of anilines is 1. The first-order valence-corrected chi connectivity index (χ1v) is 8.03. The minimum absolute atomic E-state index is 0.138. The number of aromatic nitrogens is 2. The summed E-state index contributed by atoms with van der Waals surface area (Å²) < 4.78 is 28.9. The summed E-state index contributed by atoms with van der Waals surface area (Å²) in [5.74, 6) is 0.270. The monoisotopic (exact) mass is 321 g/mol. The third-order valence-corrected chi connectivity index (χ3v) is 4.73. The van der Waals surface area contributed by atoms with Crippen molar-refractivity contribution >= 4 is 38.6 Å². The quantitative estimate of drug-likeness (QED) is 0.806. The van der Waals surface area contributed by atoms with E-state index < -0.39 is 10.0 Å². The van der Waals surface area contributed by atoms with Gasteiger partial charge in [-0.1, -0.05) is 23.7 Å². The van der Waals surface area contributed by atoms with Gasteiger partial charge in [-0.3, -0.25) is 0 Å². The first kappa shape index (κ1) is 13.9. The van der Waals surface area contributed by atoms with Gasteiger partial charge in [0.25, 0.3) is 10.0 Å². The largest absolute Gasteiger partial charge is 0.313 e. The molecule has 0 atom stereocenters. The van der Waals surface area contributed by atoms with Crippen LogP contribution >= 0.6 is 11.6 Å². The third kappa shape index (κ3) is 2.59. The van der Waals surface area contributed by atoms with Gasteiger partial charge in [-0.05, 0) is 36.4 Å². The van der Waals surface area contributed by atoms with Gasteiger partial charge in [0.05, 0.1) is 15.9 Å². The summed E-state index contributed by atoms with van der Waals surface area (Å²) in [5.41, 5.74) is 1.58. The highest BCUT2D eigenvalue weighted by Crippen LogP contribution is 2.21. The summed E-state index contributed by atoms with van der Waals surface area (Å²) in [6.07, 6.45) is 0. The fourth-order valence-electron chi connectivity index (χ4n) is 2.03. The molecule has 21 heavy (non-hydrogen) atoms. The van der Waals surface area contributed by atoms with E-state index in [2.05, 4.69) is 9.71 Å². The highest BCUT2D eigenvalue weighted by molar-refractivity contribution is 7.92. The molecule has 0 saturated heterocycles. The molecule has 0 aliphatic heterocycles. The van der Waals surface area contributed by atoms with Crippen molar-refractivity contribution < 1.29 is 8.42 Å². The normalized spacial score (nSPS) is 11.7. The molecule has 1 N–H and O–H groups in total. The summed E-state index contributed by atoms with van der Waals surface area (Å²) in [4.78, 5) is 4.43. The third-order valence-electron chi connectivity index (χ3n) is 3.14. The highest BCUT2D eigenvalue weighted by Gasteiger charge is 2.17. The lowest BCUT2D eigenvalue weighted by Crippen LogP contribution is -2.15. The Hall–Kier alpha value is -2.05. The number of nitrogens with zero attached hydrogens (tertiary/aromatic N) is 2. The fraction of sp³-hybridized carbons (Fsp3) is 0.0714. The summed E-state index contributed by atoms with van der Waals surface area (Å²) in [6.45, 7) is 0. The average Bonchev–Trinajstić information content (AvgIpc) is 2.76. The minimum Gasteiger partial charge on any atom is -0.313 e. The van der Waals surface area contributed by atoms with Crippen molar-refractivity contribution in [3.05, 3.63) is 53.6 Å². The topological polar surface area (TPSA) is 64.0 Å². The molecule has 5 nitrogen and oxygen atoms in total. The maximum absolute atomic E-state index is 12.3. The second kappa shape index (κ2) is 5.05. The molecule has 0 spiro atoms. The van der Waals surface area contributed by atoms with Gasteiger partial charge in [0.2, 0.25) is 5.95 Å². The molecule has 0 amide bonds. The van der Waals surface area contributed by atoms with Gasteiger partial charge in [-0.25, -0.2) is 18.1 Å². The molecule has 3 aromatic rings. The van der Waals surface area contributed by atoms with Gasteiger partial charge < -0.3 is 4.57 Å². The number of aryl methyl sites for hydroxylation is 1. The molecule has 2 aromatic carbocycles. The van der Waals surface area contributed by atoms with Crippen molar-refractivity contribution in [2.45, 2.75) is 4.90 Å². The van der Waals surface area contributed by atoms with Gasteiger partial charge >= 0.3 is 0 Å². The zero-order valence-corrected chi connectivity index (χ0v) is 12.7. The van der Waals surface area contributed by atoms with E-state index in [-0.39, 0.29) is 10.8 Å². The summed E-state index contributed by atoms with van der Waals surface area (Å²) in [6, 6.07) is 13.4. The first-order valence-electron chi connectivity index (χ1n) is 6.17. The number of rotatable bonds is 3. The van der Waals surface area contributed by atoms with Crippen molar-refractivity contribution in [2.75, 3.05) is 4.72 Å². The van der Waals surface area contributed by atoms with Gasteiger partial charge in [0.1, 0.15) is 0 Å².